The third-order valence-electron chi connectivity index (χ3n) is 3.11. The summed E-state index contributed by atoms with van der Waals surface area (Å²) in [6, 6.07) is 6.30. The maximum Gasteiger partial charge on any atom is 0.221 e. The van der Waals surface area contributed by atoms with Gasteiger partial charge in [-0.3, -0.25) is 4.79 Å². The van der Waals surface area contributed by atoms with Gasteiger partial charge in [-0.25, -0.2) is 13.1 Å². The first kappa shape index (κ1) is 19.4. The van der Waals surface area contributed by atoms with E-state index in [-0.39, 0.29) is 12.3 Å². The van der Waals surface area contributed by atoms with Crippen molar-refractivity contribution in [1.82, 2.24) is 10.0 Å². The first-order valence-electron chi connectivity index (χ1n) is 7.22. The van der Waals surface area contributed by atoms with E-state index in [1.54, 1.807) is 38.5 Å². The molecule has 1 amide bonds. The molecule has 8 heteroatoms. The standard InChI is InChI=1S/C15H24N2O5S/c1-21-10-4-9-16-15(18)11-14(17-23(3,19)20)12-5-7-13(22-2)8-6-12/h5-8,14,17H,4,9-11H2,1-3H3,(H,16,18)/t14-/m0/s1. The molecule has 7 nitrogen and oxygen atoms in total. The van der Waals surface area contributed by atoms with Gasteiger partial charge in [-0.2, -0.15) is 0 Å². The van der Waals surface area contributed by atoms with Crippen LogP contribution in [0.25, 0.3) is 0 Å². The second-order valence-electron chi connectivity index (χ2n) is 5.12. The van der Waals surface area contributed by atoms with Gasteiger partial charge in [0.2, 0.25) is 15.9 Å². The number of carbonyl (C=O) groups is 1. The molecule has 0 radical (unpaired) electrons. The molecule has 23 heavy (non-hydrogen) atoms. The van der Waals surface area contributed by atoms with Crippen molar-refractivity contribution in [3.8, 4) is 5.75 Å². The van der Waals surface area contributed by atoms with Crippen LogP contribution < -0.4 is 14.8 Å². The summed E-state index contributed by atoms with van der Waals surface area (Å²) in [6.07, 6.45) is 1.79. The Morgan fingerprint density at radius 1 is 1.22 bits per heavy atom. The molecule has 1 atom stereocenters. The fourth-order valence-corrected chi connectivity index (χ4v) is 2.76. The van der Waals surface area contributed by atoms with Crippen molar-refractivity contribution in [2.24, 2.45) is 0 Å². The second-order valence-corrected chi connectivity index (χ2v) is 6.90. The summed E-state index contributed by atoms with van der Waals surface area (Å²) >= 11 is 0. The molecule has 0 bridgehead atoms. The summed E-state index contributed by atoms with van der Waals surface area (Å²) in [7, 11) is -0.298. The van der Waals surface area contributed by atoms with Crippen LogP contribution in [0.2, 0.25) is 0 Å². The van der Waals surface area contributed by atoms with E-state index < -0.39 is 16.1 Å². The van der Waals surface area contributed by atoms with Gasteiger partial charge >= 0.3 is 0 Å². The fourth-order valence-electron chi connectivity index (χ4n) is 2.02. The molecule has 0 fully saturated rings. The molecule has 0 heterocycles. The lowest BCUT2D eigenvalue weighted by atomic mass is 10.0. The fraction of sp³-hybridized carbons (Fsp3) is 0.533. The van der Waals surface area contributed by atoms with Crippen LogP contribution in [0.1, 0.15) is 24.4 Å². The highest BCUT2D eigenvalue weighted by Crippen LogP contribution is 2.21. The first-order chi connectivity index (χ1) is 10.9. The van der Waals surface area contributed by atoms with Gasteiger partial charge in [0.1, 0.15) is 5.75 Å². The number of amides is 1. The summed E-state index contributed by atoms with van der Waals surface area (Å²) in [5.41, 5.74) is 0.697. The van der Waals surface area contributed by atoms with Crippen LogP contribution in [-0.2, 0) is 19.6 Å². The third kappa shape index (κ3) is 7.96. The van der Waals surface area contributed by atoms with Crippen molar-refractivity contribution in [1.29, 1.82) is 0 Å². The lowest BCUT2D eigenvalue weighted by molar-refractivity contribution is -0.121. The number of nitrogens with one attached hydrogen (secondary N) is 2. The summed E-state index contributed by atoms with van der Waals surface area (Å²) in [5, 5.41) is 2.75. The topological polar surface area (TPSA) is 93.7 Å². The third-order valence-corrected chi connectivity index (χ3v) is 3.82. The monoisotopic (exact) mass is 344 g/mol. The Labute approximate surface area is 137 Å². The van der Waals surface area contributed by atoms with Crippen LogP contribution in [0.4, 0.5) is 0 Å². The van der Waals surface area contributed by atoms with Gasteiger partial charge in [-0.15, -0.1) is 0 Å². The Hall–Kier alpha value is -1.64. The van der Waals surface area contributed by atoms with E-state index in [4.69, 9.17) is 9.47 Å². The Bertz CT molecular complexity index is 586. The number of benzene rings is 1. The minimum Gasteiger partial charge on any atom is -0.497 e. The van der Waals surface area contributed by atoms with Crippen LogP contribution in [-0.4, -0.2) is 48.0 Å². The highest BCUT2D eigenvalue weighted by atomic mass is 32.2. The van der Waals surface area contributed by atoms with Gasteiger partial charge in [-0.1, -0.05) is 12.1 Å². The highest BCUT2D eigenvalue weighted by molar-refractivity contribution is 7.88. The van der Waals surface area contributed by atoms with Crippen molar-refractivity contribution in [3.63, 3.8) is 0 Å². The lowest BCUT2D eigenvalue weighted by Gasteiger charge is -2.18. The van der Waals surface area contributed by atoms with Crippen LogP contribution >= 0.6 is 0 Å². The SMILES string of the molecule is COCCCNC(=O)C[C@H](NS(C)(=O)=O)c1ccc(OC)cc1. The molecule has 1 rings (SSSR count). The number of hydrogen-bond acceptors (Lipinski definition) is 5. The Morgan fingerprint density at radius 2 is 1.87 bits per heavy atom. The smallest absolute Gasteiger partial charge is 0.221 e. The molecule has 1 aromatic carbocycles. The normalized spacial score (nSPS) is 12.7. The maximum atomic E-state index is 12.0. The minimum absolute atomic E-state index is 0.0202. The molecule has 0 saturated heterocycles. The van der Waals surface area contributed by atoms with E-state index in [2.05, 4.69) is 10.0 Å². The second kappa shape index (κ2) is 9.49. The molecule has 1 aromatic rings. The molecular weight excluding hydrogens is 320 g/mol. The van der Waals surface area contributed by atoms with Gasteiger partial charge in [0, 0.05) is 26.7 Å². The molecule has 0 aliphatic heterocycles. The van der Waals surface area contributed by atoms with Gasteiger partial charge in [0.25, 0.3) is 0 Å². The predicted octanol–water partition coefficient (Wildman–Crippen LogP) is 0.828. The van der Waals surface area contributed by atoms with Gasteiger partial charge in [0.15, 0.2) is 0 Å². The molecule has 0 unspecified atom stereocenters. The van der Waals surface area contributed by atoms with Crippen LogP contribution in [0, 0.1) is 0 Å². The zero-order chi connectivity index (χ0) is 17.3. The largest absolute Gasteiger partial charge is 0.497 e. The number of rotatable bonds is 10. The number of methoxy groups -OCH3 is 2. The van der Waals surface area contributed by atoms with Crippen molar-refractivity contribution in [2.75, 3.05) is 33.6 Å². The van der Waals surface area contributed by atoms with E-state index in [1.165, 1.54) is 0 Å². The van der Waals surface area contributed by atoms with Gasteiger partial charge in [0.05, 0.1) is 19.4 Å². The molecule has 130 valence electrons. The average molecular weight is 344 g/mol. The van der Waals surface area contributed by atoms with Crippen molar-refractivity contribution in [3.05, 3.63) is 29.8 Å². The molecule has 0 aliphatic rings. The Balaban J connectivity index is 2.73. The van der Waals surface area contributed by atoms with E-state index in [9.17, 15) is 13.2 Å². The summed E-state index contributed by atoms with van der Waals surface area (Å²) in [4.78, 5) is 12.0. The number of hydrogen-bond donors (Lipinski definition) is 2. The van der Waals surface area contributed by atoms with Crippen LogP contribution in [0.15, 0.2) is 24.3 Å². The summed E-state index contributed by atoms with van der Waals surface area (Å²) < 4.78 is 35.5. The highest BCUT2D eigenvalue weighted by Gasteiger charge is 2.19. The zero-order valence-electron chi connectivity index (χ0n) is 13.7. The first-order valence-corrected chi connectivity index (χ1v) is 9.11. The molecular formula is C15H24N2O5S. The Kier molecular flexibility index (Phi) is 8.01. The quantitative estimate of drug-likeness (QED) is 0.613. The zero-order valence-corrected chi connectivity index (χ0v) is 14.5. The van der Waals surface area contributed by atoms with E-state index >= 15 is 0 Å². The molecule has 0 aromatic heterocycles. The van der Waals surface area contributed by atoms with E-state index in [0.717, 1.165) is 6.26 Å². The van der Waals surface area contributed by atoms with Crippen molar-refractivity contribution < 1.29 is 22.7 Å². The van der Waals surface area contributed by atoms with Gasteiger partial charge < -0.3 is 14.8 Å². The maximum absolute atomic E-state index is 12.0. The molecule has 0 saturated carbocycles. The van der Waals surface area contributed by atoms with Gasteiger partial charge in [-0.05, 0) is 24.1 Å². The number of carbonyl (C=O) groups excluding carboxylic acids is 1. The van der Waals surface area contributed by atoms with E-state index in [0.29, 0.717) is 30.9 Å². The van der Waals surface area contributed by atoms with Crippen LogP contribution in [0.3, 0.4) is 0 Å². The van der Waals surface area contributed by atoms with Crippen molar-refractivity contribution in [2.45, 2.75) is 18.9 Å². The average Bonchev–Trinajstić information content (AvgIpc) is 2.50. The Morgan fingerprint density at radius 3 is 2.39 bits per heavy atom. The predicted molar refractivity (Wildman–Crippen MR) is 87.8 cm³/mol. The van der Waals surface area contributed by atoms with E-state index in [1.807, 2.05) is 0 Å². The van der Waals surface area contributed by atoms with Crippen molar-refractivity contribution >= 4 is 15.9 Å². The summed E-state index contributed by atoms with van der Waals surface area (Å²) in [6.45, 7) is 1.05. The lowest BCUT2D eigenvalue weighted by Crippen LogP contribution is -2.33. The number of sulfonamides is 1. The molecule has 2 N–H and O–H groups in total. The van der Waals surface area contributed by atoms with Crippen LogP contribution in [0.5, 0.6) is 5.75 Å². The minimum atomic E-state index is -3.44. The number of ether oxygens (including phenoxy) is 2. The molecule has 0 aliphatic carbocycles. The summed E-state index contributed by atoms with van der Waals surface area (Å²) in [5.74, 6) is 0.439. The molecule has 0 spiro atoms.